The van der Waals surface area contributed by atoms with Gasteiger partial charge in [0, 0.05) is 11.7 Å². The predicted molar refractivity (Wildman–Crippen MR) is 90.0 cm³/mol. The van der Waals surface area contributed by atoms with E-state index in [9.17, 15) is 8.42 Å². The topological polar surface area (TPSA) is 58.2 Å². The van der Waals surface area contributed by atoms with E-state index < -0.39 is 10.0 Å². The minimum atomic E-state index is -3.57. The molecule has 0 radical (unpaired) electrons. The summed E-state index contributed by atoms with van der Waals surface area (Å²) in [4.78, 5) is 0.308. The maximum Gasteiger partial charge on any atom is 0.261 e. The zero-order chi connectivity index (χ0) is 15.9. The molecule has 5 heteroatoms. The molecule has 1 aliphatic rings. The van der Waals surface area contributed by atoms with Gasteiger partial charge in [0.2, 0.25) is 0 Å². The van der Waals surface area contributed by atoms with Crippen LogP contribution < -0.4 is 10.0 Å². The summed E-state index contributed by atoms with van der Waals surface area (Å²) in [5.41, 5.74) is 4.73. The fourth-order valence-corrected chi connectivity index (χ4v) is 4.01. The molecular formula is C17H20N2O2S. The van der Waals surface area contributed by atoms with Gasteiger partial charge in [0.1, 0.15) is 0 Å². The molecule has 0 fully saturated rings. The highest BCUT2D eigenvalue weighted by molar-refractivity contribution is 7.92. The highest BCUT2D eigenvalue weighted by atomic mass is 32.2. The van der Waals surface area contributed by atoms with Crippen molar-refractivity contribution in [2.75, 3.05) is 10.0 Å². The molecule has 0 aliphatic carbocycles. The van der Waals surface area contributed by atoms with E-state index in [4.69, 9.17) is 0 Å². The number of anilines is 2. The van der Waals surface area contributed by atoms with E-state index in [1.54, 1.807) is 18.2 Å². The number of nitrogens with one attached hydrogen (secondary N) is 2. The molecule has 2 aromatic rings. The molecule has 0 saturated carbocycles. The summed E-state index contributed by atoms with van der Waals surface area (Å²) in [6.45, 7) is 5.97. The van der Waals surface area contributed by atoms with Crippen molar-refractivity contribution in [3.63, 3.8) is 0 Å². The van der Waals surface area contributed by atoms with Crippen molar-refractivity contribution < 1.29 is 8.42 Å². The summed E-state index contributed by atoms with van der Waals surface area (Å²) in [5, 5.41) is 3.33. The first kappa shape index (κ1) is 14.9. The molecule has 2 N–H and O–H groups in total. The zero-order valence-electron chi connectivity index (χ0n) is 13.0. The molecular weight excluding hydrogens is 296 g/mol. The SMILES string of the molecule is Cc1ccc(NS(=O)(=O)c2ccc3c(c2)C[C@@H](C)N3)c(C)c1. The zero-order valence-corrected chi connectivity index (χ0v) is 13.8. The van der Waals surface area contributed by atoms with Crippen molar-refractivity contribution in [3.8, 4) is 0 Å². The normalized spacial score (nSPS) is 17.0. The van der Waals surface area contributed by atoms with Crippen LogP contribution in [0.2, 0.25) is 0 Å². The highest BCUT2D eigenvalue weighted by Gasteiger charge is 2.21. The van der Waals surface area contributed by atoms with Crippen LogP contribution in [0.5, 0.6) is 0 Å². The third-order valence-electron chi connectivity index (χ3n) is 3.94. The van der Waals surface area contributed by atoms with Crippen LogP contribution in [0.4, 0.5) is 11.4 Å². The van der Waals surface area contributed by atoms with E-state index in [0.29, 0.717) is 16.6 Å². The van der Waals surface area contributed by atoms with Gasteiger partial charge in [-0.25, -0.2) is 8.42 Å². The van der Waals surface area contributed by atoms with Crippen LogP contribution in [0.25, 0.3) is 0 Å². The minimum Gasteiger partial charge on any atom is -0.382 e. The Kier molecular flexibility index (Phi) is 3.60. The van der Waals surface area contributed by atoms with Crippen molar-refractivity contribution in [3.05, 3.63) is 53.1 Å². The van der Waals surface area contributed by atoms with Crippen LogP contribution in [-0.2, 0) is 16.4 Å². The summed E-state index contributed by atoms with van der Waals surface area (Å²) < 4.78 is 27.9. The smallest absolute Gasteiger partial charge is 0.261 e. The quantitative estimate of drug-likeness (QED) is 0.911. The first-order chi connectivity index (χ1) is 10.3. The second kappa shape index (κ2) is 5.32. The van der Waals surface area contributed by atoms with E-state index in [1.165, 1.54) is 0 Å². The molecule has 1 heterocycles. The Morgan fingerprint density at radius 3 is 2.64 bits per heavy atom. The Morgan fingerprint density at radius 1 is 1.14 bits per heavy atom. The molecule has 0 bridgehead atoms. The summed E-state index contributed by atoms with van der Waals surface area (Å²) >= 11 is 0. The largest absolute Gasteiger partial charge is 0.382 e. The number of fused-ring (bicyclic) bond motifs is 1. The number of hydrogen-bond acceptors (Lipinski definition) is 3. The number of aryl methyl sites for hydroxylation is 2. The highest BCUT2D eigenvalue weighted by Crippen LogP contribution is 2.29. The number of sulfonamides is 1. The molecule has 3 rings (SSSR count). The van der Waals surface area contributed by atoms with Gasteiger partial charge in [-0.3, -0.25) is 4.72 Å². The Balaban J connectivity index is 1.92. The van der Waals surface area contributed by atoms with Gasteiger partial charge in [-0.1, -0.05) is 17.7 Å². The Morgan fingerprint density at radius 2 is 1.91 bits per heavy atom. The van der Waals surface area contributed by atoms with E-state index >= 15 is 0 Å². The van der Waals surface area contributed by atoms with Crippen LogP contribution in [-0.4, -0.2) is 14.5 Å². The molecule has 0 saturated heterocycles. The summed E-state index contributed by atoms with van der Waals surface area (Å²) in [5.74, 6) is 0. The fraction of sp³-hybridized carbons (Fsp3) is 0.294. The van der Waals surface area contributed by atoms with Crippen molar-refractivity contribution >= 4 is 21.4 Å². The second-order valence-corrected chi connectivity index (χ2v) is 7.67. The van der Waals surface area contributed by atoms with Crippen molar-refractivity contribution in [1.29, 1.82) is 0 Å². The van der Waals surface area contributed by atoms with Gasteiger partial charge < -0.3 is 5.32 Å². The van der Waals surface area contributed by atoms with E-state index in [1.807, 2.05) is 32.0 Å². The maximum absolute atomic E-state index is 12.6. The maximum atomic E-state index is 12.6. The molecule has 116 valence electrons. The average molecular weight is 316 g/mol. The van der Waals surface area contributed by atoms with Crippen LogP contribution in [0.15, 0.2) is 41.3 Å². The Hall–Kier alpha value is -2.01. The third kappa shape index (κ3) is 2.81. The van der Waals surface area contributed by atoms with Crippen molar-refractivity contribution in [1.82, 2.24) is 0 Å². The van der Waals surface area contributed by atoms with Gasteiger partial charge in [-0.2, -0.15) is 0 Å². The molecule has 1 aliphatic heterocycles. The van der Waals surface area contributed by atoms with Gasteiger partial charge in [0.05, 0.1) is 10.6 Å². The lowest BCUT2D eigenvalue weighted by Crippen LogP contribution is -2.14. The lowest BCUT2D eigenvalue weighted by molar-refractivity contribution is 0.601. The van der Waals surface area contributed by atoms with Gasteiger partial charge in [-0.15, -0.1) is 0 Å². The van der Waals surface area contributed by atoms with Crippen molar-refractivity contribution in [2.24, 2.45) is 0 Å². The Bertz CT molecular complexity index is 829. The molecule has 4 nitrogen and oxygen atoms in total. The molecule has 2 aromatic carbocycles. The minimum absolute atomic E-state index is 0.308. The van der Waals surface area contributed by atoms with Crippen LogP contribution in [0.1, 0.15) is 23.6 Å². The Labute approximate surface area is 131 Å². The van der Waals surface area contributed by atoms with E-state index in [0.717, 1.165) is 28.8 Å². The van der Waals surface area contributed by atoms with Gasteiger partial charge in [0.15, 0.2) is 0 Å². The van der Waals surface area contributed by atoms with E-state index in [2.05, 4.69) is 17.0 Å². The van der Waals surface area contributed by atoms with Crippen LogP contribution in [0, 0.1) is 13.8 Å². The predicted octanol–water partition coefficient (Wildman–Crippen LogP) is 3.46. The van der Waals surface area contributed by atoms with Gasteiger partial charge in [0.25, 0.3) is 10.0 Å². The first-order valence-electron chi connectivity index (χ1n) is 7.35. The molecule has 0 aromatic heterocycles. The lowest BCUT2D eigenvalue weighted by Gasteiger charge is -2.12. The second-order valence-electron chi connectivity index (χ2n) is 5.99. The van der Waals surface area contributed by atoms with Crippen molar-refractivity contribution in [2.45, 2.75) is 38.1 Å². The average Bonchev–Trinajstić information content (AvgIpc) is 2.81. The molecule has 0 amide bonds. The molecule has 22 heavy (non-hydrogen) atoms. The van der Waals surface area contributed by atoms with E-state index in [-0.39, 0.29) is 0 Å². The number of rotatable bonds is 3. The van der Waals surface area contributed by atoms with Gasteiger partial charge >= 0.3 is 0 Å². The number of hydrogen-bond donors (Lipinski definition) is 2. The molecule has 0 spiro atoms. The van der Waals surface area contributed by atoms with Crippen LogP contribution in [0.3, 0.4) is 0 Å². The summed E-state index contributed by atoms with van der Waals surface area (Å²) in [6.07, 6.45) is 0.849. The first-order valence-corrected chi connectivity index (χ1v) is 8.83. The molecule has 0 unspecified atom stereocenters. The lowest BCUT2D eigenvalue weighted by atomic mass is 10.1. The van der Waals surface area contributed by atoms with Gasteiger partial charge in [-0.05, 0) is 62.6 Å². The number of benzene rings is 2. The standard InChI is InChI=1S/C17H20N2O2S/c1-11-4-6-16(12(2)8-11)19-22(20,21)15-5-7-17-14(10-15)9-13(3)18-17/h4-8,10,13,18-19H,9H2,1-3H3/t13-/m1/s1. The molecule has 1 atom stereocenters. The summed E-state index contributed by atoms with van der Waals surface area (Å²) in [6, 6.07) is 11.3. The summed E-state index contributed by atoms with van der Waals surface area (Å²) in [7, 11) is -3.57. The van der Waals surface area contributed by atoms with Crippen LogP contribution >= 0.6 is 0 Å². The third-order valence-corrected chi connectivity index (χ3v) is 5.30. The fourth-order valence-electron chi connectivity index (χ4n) is 2.83. The monoisotopic (exact) mass is 316 g/mol.